The predicted octanol–water partition coefficient (Wildman–Crippen LogP) is 2.38. The van der Waals surface area contributed by atoms with E-state index in [1.165, 1.54) is 5.56 Å². The van der Waals surface area contributed by atoms with E-state index in [9.17, 15) is 0 Å². The summed E-state index contributed by atoms with van der Waals surface area (Å²) in [5.74, 6) is 0.553. The summed E-state index contributed by atoms with van der Waals surface area (Å²) in [6.45, 7) is 6.44. The van der Waals surface area contributed by atoms with Crippen molar-refractivity contribution in [3.05, 3.63) is 35.9 Å². The van der Waals surface area contributed by atoms with Gasteiger partial charge in [-0.2, -0.15) is 0 Å². The molecule has 1 aliphatic rings. The van der Waals surface area contributed by atoms with E-state index < -0.39 is 0 Å². The van der Waals surface area contributed by atoms with Gasteiger partial charge in [-0.1, -0.05) is 38.1 Å². The Kier molecular flexibility index (Phi) is 3.08. The molecule has 1 fully saturated rings. The van der Waals surface area contributed by atoms with E-state index in [0.29, 0.717) is 19.1 Å². The van der Waals surface area contributed by atoms with Gasteiger partial charge in [0.1, 0.15) is 5.60 Å². The lowest BCUT2D eigenvalue weighted by Gasteiger charge is -2.42. The summed E-state index contributed by atoms with van der Waals surface area (Å²) in [5.41, 5.74) is 1.01. The number of rotatable bonds is 4. The summed E-state index contributed by atoms with van der Waals surface area (Å²) in [6.07, 6.45) is 0. The Morgan fingerprint density at radius 2 is 2.07 bits per heavy atom. The molecule has 1 radical (unpaired) electrons. The topological polar surface area (TPSA) is 18.5 Å². The monoisotopic (exact) mass is 205 g/mol. The highest BCUT2D eigenvalue weighted by atomic mass is 16.6. The van der Waals surface area contributed by atoms with E-state index in [1.54, 1.807) is 0 Å². The third-order valence-electron chi connectivity index (χ3n) is 2.61. The molecule has 0 saturated carbocycles. The lowest BCUT2D eigenvalue weighted by Crippen LogP contribution is -2.49. The molecule has 2 nitrogen and oxygen atoms in total. The second kappa shape index (κ2) is 4.33. The van der Waals surface area contributed by atoms with E-state index in [1.807, 2.05) is 12.1 Å². The molecule has 1 saturated heterocycles. The minimum Gasteiger partial charge on any atom is -0.375 e. The van der Waals surface area contributed by atoms with Crippen LogP contribution in [0.5, 0.6) is 0 Å². The molecule has 0 aromatic heterocycles. The number of ether oxygens (including phenoxy) is 2. The first-order valence-corrected chi connectivity index (χ1v) is 5.41. The SMILES string of the molecule is CC(C)COC1(c2cc[c]cc2)COC1. The van der Waals surface area contributed by atoms with Crippen molar-refractivity contribution in [3.8, 4) is 0 Å². The molecule has 1 aliphatic heterocycles. The highest BCUT2D eigenvalue weighted by Gasteiger charge is 2.41. The van der Waals surface area contributed by atoms with E-state index in [-0.39, 0.29) is 5.60 Å². The fourth-order valence-corrected chi connectivity index (χ4v) is 1.64. The van der Waals surface area contributed by atoms with Gasteiger partial charge in [0.2, 0.25) is 0 Å². The van der Waals surface area contributed by atoms with Crippen molar-refractivity contribution in [1.82, 2.24) is 0 Å². The molecule has 0 bridgehead atoms. The minimum atomic E-state index is -0.195. The summed E-state index contributed by atoms with van der Waals surface area (Å²) >= 11 is 0. The Hall–Kier alpha value is -0.860. The predicted molar refractivity (Wildman–Crippen MR) is 58.6 cm³/mol. The van der Waals surface area contributed by atoms with Crippen molar-refractivity contribution in [3.63, 3.8) is 0 Å². The number of hydrogen-bond acceptors (Lipinski definition) is 2. The molecule has 2 heteroatoms. The molecule has 81 valence electrons. The fraction of sp³-hybridized carbons (Fsp3) is 0.538. The van der Waals surface area contributed by atoms with Crippen LogP contribution in [0.3, 0.4) is 0 Å². The van der Waals surface area contributed by atoms with Gasteiger partial charge in [-0.15, -0.1) is 0 Å². The smallest absolute Gasteiger partial charge is 0.139 e. The van der Waals surface area contributed by atoms with Gasteiger partial charge in [-0.3, -0.25) is 0 Å². The molecule has 1 aromatic rings. The quantitative estimate of drug-likeness (QED) is 0.751. The van der Waals surface area contributed by atoms with Gasteiger partial charge in [0.15, 0.2) is 0 Å². The van der Waals surface area contributed by atoms with Gasteiger partial charge < -0.3 is 9.47 Å². The van der Waals surface area contributed by atoms with Crippen molar-refractivity contribution in [2.45, 2.75) is 19.4 Å². The lowest BCUT2D eigenvalue weighted by molar-refractivity contribution is -0.220. The molecule has 0 aliphatic carbocycles. The number of benzene rings is 1. The van der Waals surface area contributed by atoms with Gasteiger partial charge in [0.05, 0.1) is 19.8 Å². The lowest BCUT2D eigenvalue weighted by atomic mass is 9.91. The van der Waals surface area contributed by atoms with Crippen LogP contribution in [0, 0.1) is 12.0 Å². The zero-order valence-electron chi connectivity index (χ0n) is 9.32. The third kappa shape index (κ3) is 2.21. The molecule has 15 heavy (non-hydrogen) atoms. The van der Waals surface area contributed by atoms with Crippen molar-refractivity contribution < 1.29 is 9.47 Å². The first-order chi connectivity index (χ1) is 7.23. The van der Waals surface area contributed by atoms with Crippen molar-refractivity contribution in [2.24, 2.45) is 5.92 Å². The Bertz CT molecular complexity index is 302. The summed E-state index contributed by atoms with van der Waals surface area (Å²) in [5, 5.41) is 0. The largest absolute Gasteiger partial charge is 0.375 e. The molecule has 0 unspecified atom stereocenters. The van der Waals surface area contributed by atoms with Gasteiger partial charge in [0.25, 0.3) is 0 Å². The maximum Gasteiger partial charge on any atom is 0.139 e. The Labute approximate surface area is 91.2 Å². The Morgan fingerprint density at radius 3 is 2.53 bits per heavy atom. The first kappa shape index (κ1) is 10.7. The third-order valence-corrected chi connectivity index (χ3v) is 2.61. The summed E-state index contributed by atoms with van der Waals surface area (Å²) in [6, 6.07) is 11.0. The van der Waals surface area contributed by atoms with Crippen molar-refractivity contribution >= 4 is 0 Å². The average molecular weight is 205 g/mol. The van der Waals surface area contributed by atoms with Crippen LogP contribution >= 0.6 is 0 Å². The zero-order valence-corrected chi connectivity index (χ0v) is 9.32. The molecule has 0 atom stereocenters. The molecular formula is C13H17O2. The average Bonchev–Trinajstić information content (AvgIpc) is 2.17. The van der Waals surface area contributed by atoms with Crippen LogP contribution in [-0.2, 0) is 15.1 Å². The molecule has 0 spiro atoms. The maximum atomic E-state index is 5.97. The van der Waals surface area contributed by atoms with E-state index in [4.69, 9.17) is 9.47 Å². The van der Waals surface area contributed by atoms with Crippen LogP contribution in [0.15, 0.2) is 24.3 Å². The van der Waals surface area contributed by atoms with Gasteiger partial charge >= 0.3 is 0 Å². The normalized spacial score (nSPS) is 18.9. The molecule has 1 heterocycles. The second-order valence-corrected chi connectivity index (χ2v) is 4.48. The molecule has 0 N–H and O–H groups in total. The number of hydrogen-bond donors (Lipinski definition) is 0. The molecular weight excluding hydrogens is 188 g/mol. The van der Waals surface area contributed by atoms with Crippen LogP contribution in [0.25, 0.3) is 0 Å². The highest BCUT2D eigenvalue weighted by molar-refractivity contribution is 5.24. The van der Waals surface area contributed by atoms with Gasteiger partial charge in [-0.25, -0.2) is 0 Å². The fourth-order valence-electron chi connectivity index (χ4n) is 1.64. The zero-order chi connectivity index (χ0) is 10.7. The van der Waals surface area contributed by atoms with Crippen LogP contribution in [0.2, 0.25) is 0 Å². The van der Waals surface area contributed by atoms with E-state index in [0.717, 1.165) is 6.61 Å². The van der Waals surface area contributed by atoms with Crippen LogP contribution in [0.1, 0.15) is 19.4 Å². The van der Waals surface area contributed by atoms with Gasteiger partial charge in [-0.05, 0) is 17.5 Å². The van der Waals surface area contributed by atoms with Crippen LogP contribution in [-0.4, -0.2) is 19.8 Å². The standard InChI is InChI=1S/C13H17O2/c1-11(2)8-15-13(9-14-10-13)12-6-4-3-5-7-12/h4-7,11H,8-10H2,1-2H3. The van der Waals surface area contributed by atoms with Crippen molar-refractivity contribution in [2.75, 3.05) is 19.8 Å². The van der Waals surface area contributed by atoms with Crippen LogP contribution < -0.4 is 0 Å². The van der Waals surface area contributed by atoms with Crippen molar-refractivity contribution in [1.29, 1.82) is 0 Å². The van der Waals surface area contributed by atoms with E-state index in [2.05, 4.69) is 32.0 Å². The Balaban J connectivity index is 2.08. The van der Waals surface area contributed by atoms with Crippen LogP contribution in [0.4, 0.5) is 0 Å². The molecule has 2 rings (SSSR count). The van der Waals surface area contributed by atoms with Gasteiger partial charge in [0, 0.05) is 0 Å². The second-order valence-electron chi connectivity index (χ2n) is 4.48. The Morgan fingerprint density at radius 1 is 1.40 bits per heavy atom. The summed E-state index contributed by atoms with van der Waals surface area (Å²) in [4.78, 5) is 0. The maximum absolute atomic E-state index is 5.97. The first-order valence-electron chi connectivity index (χ1n) is 5.41. The minimum absolute atomic E-state index is 0.195. The molecule has 1 aromatic carbocycles. The highest BCUT2D eigenvalue weighted by Crippen LogP contribution is 2.33. The summed E-state index contributed by atoms with van der Waals surface area (Å²) in [7, 11) is 0. The molecule has 0 amide bonds. The summed E-state index contributed by atoms with van der Waals surface area (Å²) < 4.78 is 11.3. The van der Waals surface area contributed by atoms with E-state index >= 15 is 0 Å².